The summed E-state index contributed by atoms with van der Waals surface area (Å²) < 4.78 is 0. The number of urea groups is 1. The number of likely N-dealkylation sites (tertiary alicyclic amines) is 1. The number of hydrogen-bond donors (Lipinski definition) is 2. The molecule has 2 N–H and O–H groups in total. The third-order valence-corrected chi connectivity index (χ3v) is 5.58. The highest BCUT2D eigenvalue weighted by molar-refractivity contribution is 5.84. The van der Waals surface area contributed by atoms with Crippen LogP contribution in [0.3, 0.4) is 0 Å². The molecule has 120 valence electrons. The highest BCUT2D eigenvalue weighted by Crippen LogP contribution is 2.40. The summed E-state index contributed by atoms with van der Waals surface area (Å²) in [5.74, 6) is -0.505. The van der Waals surface area contributed by atoms with Crippen molar-refractivity contribution < 1.29 is 14.7 Å². The van der Waals surface area contributed by atoms with Gasteiger partial charge >= 0.3 is 12.0 Å². The molecular formula is C16H28N2O3. The van der Waals surface area contributed by atoms with E-state index in [-0.39, 0.29) is 17.6 Å². The Labute approximate surface area is 127 Å². The van der Waals surface area contributed by atoms with Gasteiger partial charge in [0.1, 0.15) is 6.04 Å². The molecule has 0 aromatic rings. The molecule has 1 saturated carbocycles. The Morgan fingerprint density at radius 2 is 1.86 bits per heavy atom. The number of carbonyl (C=O) groups excluding carboxylic acids is 1. The molecule has 21 heavy (non-hydrogen) atoms. The second-order valence-corrected chi connectivity index (χ2v) is 6.81. The Hall–Kier alpha value is -1.26. The van der Waals surface area contributed by atoms with Crippen LogP contribution in [0.5, 0.6) is 0 Å². The zero-order valence-corrected chi connectivity index (χ0v) is 13.4. The van der Waals surface area contributed by atoms with Crippen LogP contribution < -0.4 is 5.32 Å². The highest BCUT2D eigenvalue weighted by atomic mass is 16.4. The van der Waals surface area contributed by atoms with E-state index in [0.29, 0.717) is 12.3 Å². The lowest BCUT2D eigenvalue weighted by Gasteiger charge is -2.37. The van der Waals surface area contributed by atoms with Crippen LogP contribution in [0.1, 0.15) is 65.7 Å². The van der Waals surface area contributed by atoms with Crippen LogP contribution in [0.25, 0.3) is 0 Å². The predicted octanol–water partition coefficient (Wildman–Crippen LogP) is 2.99. The summed E-state index contributed by atoms with van der Waals surface area (Å²) in [5.41, 5.74) is -0.257. The van der Waals surface area contributed by atoms with Crippen molar-refractivity contribution in [1.82, 2.24) is 10.2 Å². The van der Waals surface area contributed by atoms with E-state index in [0.717, 1.165) is 38.5 Å². The first-order valence-corrected chi connectivity index (χ1v) is 8.25. The lowest BCUT2D eigenvalue weighted by atomic mass is 9.85. The summed E-state index contributed by atoms with van der Waals surface area (Å²) >= 11 is 0. The van der Waals surface area contributed by atoms with Crippen molar-refractivity contribution >= 4 is 12.0 Å². The van der Waals surface area contributed by atoms with Gasteiger partial charge in [-0.05, 0) is 44.9 Å². The van der Waals surface area contributed by atoms with Crippen LogP contribution >= 0.6 is 0 Å². The lowest BCUT2D eigenvalue weighted by Crippen LogP contribution is -2.56. The predicted molar refractivity (Wildman–Crippen MR) is 81.1 cm³/mol. The number of rotatable bonds is 4. The number of carbonyl (C=O) groups is 2. The number of carboxylic acids is 1. The van der Waals surface area contributed by atoms with Crippen LogP contribution in [0.2, 0.25) is 0 Å². The molecule has 0 bridgehead atoms. The summed E-state index contributed by atoms with van der Waals surface area (Å²) in [6, 6.07) is -0.739. The fraction of sp³-hybridized carbons (Fsp3) is 0.875. The molecule has 0 spiro atoms. The van der Waals surface area contributed by atoms with Crippen molar-refractivity contribution in [2.24, 2.45) is 5.92 Å². The Bertz CT molecular complexity index is 406. The van der Waals surface area contributed by atoms with Crippen molar-refractivity contribution in [3.63, 3.8) is 0 Å². The number of nitrogens with one attached hydrogen (secondary N) is 1. The van der Waals surface area contributed by atoms with Crippen LogP contribution in [-0.4, -0.2) is 39.6 Å². The van der Waals surface area contributed by atoms with E-state index in [9.17, 15) is 14.7 Å². The van der Waals surface area contributed by atoms with Crippen molar-refractivity contribution in [1.29, 1.82) is 0 Å². The van der Waals surface area contributed by atoms with Crippen molar-refractivity contribution in [2.75, 3.05) is 0 Å². The molecule has 2 fully saturated rings. The summed E-state index contributed by atoms with van der Waals surface area (Å²) in [7, 11) is 0. The molecule has 2 aliphatic rings. The zero-order valence-electron chi connectivity index (χ0n) is 13.4. The molecule has 0 aromatic heterocycles. The van der Waals surface area contributed by atoms with E-state index in [1.165, 1.54) is 0 Å². The minimum absolute atomic E-state index is 0.109. The maximum absolute atomic E-state index is 12.7. The molecule has 1 aliphatic heterocycles. The topological polar surface area (TPSA) is 69.6 Å². The average Bonchev–Trinajstić information content (AvgIpc) is 2.86. The molecule has 1 heterocycles. The molecule has 2 rings (SSSR count). The van der Waals surface area contributed by atoms with E-state index in [1.54, 1.807) is 4.90 Å². The Morgan fingerprint density at radius 3 is 2.43 bits per heavy atom. The van der Waals surface area contributed by atoms with E-state index < -0.39 is 12.0 Å². The maximum atomic E-state index is 12.7. The van der Waals surface area contributed by atoms with Crippen molar-refractivity contribution in [2.45, 2.75) is 83.3 Å². The summed E-state index contributed by atoms with van der Waals surface area (Å²) in [6.07, 6.45) is 6.54. The first kappa shape index (κ1) is 16.1. The van der Waals surface area contributed by atoms with E-state index in [1.807, 2.05) is 20.8 Å². The molecule has 3 unspecified atom stereocenters. The molecule has 5 nitrogen and oxygen atoms in total. The van der Waals surface area contributed by atoms with Crippen LogP contribution in [0, 0.1) is 5.92 Å². The van der Waals surface area contributed by atoms with Crippen molar-refractivity contribution in [3.8, 4) is 0 Å². The molecule has 5 heteroatoms. The van der Waals surface area contributed by atoms with E-state index in [2.05, 4.69) is 5.32 Å². The van der Waals surface area contributed by atoms with Gasteiger partial charge in [0.15, 0.2) is 0 Å². The molecule has 3 atom stereocenters. The molecule has 0 radical (unpaired) electrons. The van der Waals surface area contributed by atoms with Crippen LogP contribution in [0.15, 0.2) is 0 Å². The molecule has 1 saturated heterocycles. The maximum Gasteiger partial charge on any atom is 0.326 e. The lowest BCUT2D eigenvalue weighted by molar-refractivity contribution is -0.141. The van der Waals surface area contributed by atoms with Crippen molar-refractivity contribution in [3.05, 3.63) is 0 Å². The third-order valence-electron chi connectivity index (χ3n) is 5.58. The summed E-state index contributed by atoms with van der Waals surface area (Å²) in [4.78, 5) is 25.9. The van der Waals surface area contributed by atoms with Gasteiger partial charge in [-0.2, -0.15) is 0 Å². The van der Waals surface area contributed by atoms with E-state index in [4.69, 9.17) is 0 Å². The number of fused-ring (bicyclic) bond motifs is 1. The highest BCUT2D eigenvalue weighted by Gasteiger charge is 2.48. The summed E-state index contributed by atoms with van der Waals surface area (Å²) in [6.45, 7) is 6.12. The fourth-order valence-corrected chi connectivity index (χ4v) is 3.72. The van der Waals surface area contributed by atoms with Crippen LogP contribution in [-0.2, 0) is 4.79 Å². The first-order valence-electron chi connectivity index (χ1n) is 8.25. The molecule has 0 aromatic carbocycles. The Morgan fingerprint density at radius 1 is 1.24 bits per heavy atom. The Kier molecular flexibility index (Phi) is 4.79. The Balaban J connectivity index is 2.17. The second kappa shape index (κ2) is 6.24. The largest absolute Gasteiger partial charge is 0.480 e. The van der Waals surface area contributed by atoms with Gasteiger partial charge in [0.2, 0.25) is 0 Å². The number of carboxylic acid groups (broad SMARTS) is 1. The van der Waals surface area contributed by atoms with Gasteiger partial charge in [0.05, 0.1) is 0 Å². The number of nitrogens with zero attached hydrogens (tertiary/aromatic N) is 1. The van der Waals surface area contributed by atoms with E-state index >= 15 is 0 Å². The van der Waals surface area contributed by atoms with Gasteiger partial charge in [0, 0.05) is 11.6 Å². The molecular weight excluding hydrogens is 268 g/mol. The molecule has 1 aliphatic carbocycles. The average molecular weight is 296 g/mol. The number of hydrogen-bond acceptors (Lipinski definition) is 2. The summed E-state index contributed by atoms with van der Waals surface area (Å²) in [5, 5.41) is 12.5. The normalized spacial score (nSPS) is 29.1. The minimum atomic E-state index is -0.866. The van der Waals surface area contributed by atoms with Gasteiger partial charge in [-0.3, -0.25) is 0 Å². The number of amides is 2. The standard InChI is InChI=1S/C16H28N2O3/c1-4-16(3,5-2)17-15(21)18-12-9-7-6-8-11(12)10-13(18)14(19)20/h11-13H,4-10H2,1-3H3,(H,17,21)(H,19,20). The smallest absolute Gasteiger partial charge is 0.326 e. The van der Waals surface area contributed by atoms with Gasteiger partial charge in [-0.15, -0.1) is 0 Å². The molecule has 2 amide bonds. The quantitative estimate of drug-likeness (QED) is 0.838. The van der Waals surface area contributed by atoms with Gasteiger partial charge < -0.3 is 15.3 Å². The van der Waals surface area contributed by atoms with Gasteiger partial charge in [-0.25, -0.2) is 9.59 Å². The van der Waals surface area contributed by atoms with Crippen LogP contribution in [0.4, 0.5) is 4.79 Å². The second-order valence-electron chi connectivity index (χ2n) is 6.81. The first-order chi connectivity index (χ1) is 9.91. The van der Waals surface area contributed by atoms with Gasteiger partial charge in [0.25, 0.3) is 0 Å². The number of aliphatic carboxylic acids is 1. The SMILES string of the molecule is CCC(C)(CC)NC(=O)N1C(C(=O)O)CC2CCCCC21. The zero-order chi connectivity index (χ0) is 15.6. The van der Waals surface area contributed by atoms with Gasteiger partial charge in [-0.1, -0.05) is 26.7 Å². The fourth-order valence-electron chi connectivity index (χ4n) is 3.72. The minimum Gasteiger partial charge on any atom is -0.480 e. The monoisotopic (exact) mass is 296 g/mol. The third kappa shape index (κ3) is 3.16.